The van der Waals surface area contributed by atoms with Crippen molar-refractivity contribution in [1.82, 2.24) is 20.1 Å². The maximum atomic E-state index is 4.18. The Hall–Kier alpha value is -0.900. The molecule has 1 N–H and O–H groups in total. The zero-order valence-electron chi connectivity index (χ0n) is 7.32. The van der Waals surface area contributed by atoms with Crippen molar-refractivity contribution in [2.24, 2.45) is 0 Å². The van der Waals surface area contributed by atoms with Crippen LogP contribution in [-0.4, -0.2) is 33.7 Å². The molecule has 12 heavy (non-hydrogen) atoms. The van der Waals surface area contributed by atoms with Gasteiger partial charge < -0.3 is 0 Å². The Kier molecular flexibility index (Phi) is 2.08. The van der Waals surface area contributed by atoms with E-state index in [0.29, 0.717) is 6.04 Å². The molecule has 1 aromatic rings. The lowest BCUT2D eigenvalue weighted by atomic mass is 10.0. The van der Waals surface area contributed by atoms with Crippen LogP contribution in [0.15, 0.2) is 6.33 Å². The molecule has 0 spiro atoms. The number of nitrogens with zero attached hydrogens (tertiary/aromatic N) is 3. The van der Waals surface area contributed by atoms with Crippen molar-refractivity contribution in [1.29, 1.82) is 0 Å². The normalized spacial score (nSPS) is 25.9. The minimum absolute atomic E-state index is 0.459. The molecule has 0 radical (unpaired) electrons. The number of likely N-dealkylation sites (tertiary alicyclic amines) is 1. The number of H-pyrrole nitrogens is 1. The number of hydrogen-bond acceptors (Lipinski definition) is 3. The van der Waals surface area contributed by atoms with Crippen LogP contribution in [0.25, 0.3) is 0 Å². The smallest absolute Gasteiger partial charge is 0.141 e. The number of nitrogens with one attached hydrogen (secondary N) is 1. The van der Waals surface area contributed by atoms with Gasteiger partial charge in [0.2, 0.25) is 0 Å². The van der Waals surface area contributed by atoms with Gasteiger partial charge in [-0.2, -0.15) is 5.10 Å². The fraction of sp³-hybridized carbons (Fsp3) is 0.750. The number of hydrogen-bond donors (Lipinski definition) is 1. The molecule has 4 nitrogen and oxygen atoms in total. The third-order valence-corrected chi connectivity index (χ3v) is 2.52. The molecule has 1 saturated heterocycles. The number of aromatic nitrogens is 3. The quantitative estimate of drug-likeness (QED) is 0.676. The van der Waals surface area contributed by atoms with E-state index >= 15 is 0 Å². The Morgan fingerprint density at radius 3 is 3.17 bits per heavy atom. The lowest BCUT2D eigenvalue weighted by Gasteiger charge is -2.30. The van der Waals surface area contributed by atoms with E-state index in [1.54, 1.807) is 6.33 Å². The zero-order chi connectivity index (χ0) is 8.39. The first-order valence-corrected chi connectivity index (χ1v) is 4.43. The summed E-state index contributed by atoms with van der Waals surface area (Å²) in [7, 11) is 2.15. The molecule has 66 valence electrons. The Labute approximate surface area is 72.0 Å². The Morgan fingerprint density at radius 1 is 1.58 bits per heavy atom. The minimum atomic E-state index is 0.459. The van der Waals surface area contributed by atoms with Crippen LogP contribution >= 0.6 is 0 Å². The van der Waals surface area contributed by atoms with Crippen molar-refractivity contribution >= 4 is 0 Å². The average Bonchev–Trinajstić information content (AvgIpc) is 2.57. The molecule has 2 rings (SSSR count). The van der Waals surface area contributed by atoms with Crippen molar-refractivity contribution < 1.29 is 0 Å². The highest BCUT2D eigenvalue weighted by molar-refractivity contribution is 4.93. The first-order chi connectivity index (χ1) is 5.88. The van der Waals surface area contributed by atoms with Gasteiger partial charge in [-0.1, -0.05) is 6.42 Å². The van der Waals surface area contributed by atoms with Crippen LogP contribution in [-0.2, 0) is 0 Å². The topological polar surface area (TPSA) is 44.8 Å². The fourth-order valence-corrected chi connectivity index (χ4v) is 1.80. The van der Waals surface area contributed by atoms with E-state index in [-0.39, 0.29) is 0 Å². The lowest BCUT2D eigenvalue weighted by molar-refractivity contribution is 0.180. The largest absolute Gasteiger partial charge is 0.297 e. The number of rotatable bonds is 1. The summed E-state index contributed by atoms with van der Waals surface area (Å²) in [4.78, 5) is 6.52. The molecule has 0 unspecified atom stereocenters. The first kappa shape index (κ1) is 7.73. The first-order valence-electron chi connectivity index (χ1n) is 4.43. The summed E-state index contributed by atoms with van der Waals surface area (Å²) in [6.07, 6.45) is 5.39. The van der Waals surface area contributed by atoms with Gasteiger partial charge in [0.1, 0.15) is 12.2 Å². The number of aromatic amines is 1. The van der Waals surface area contributed by atoms with Gasteiger partial charge in [-0.25, -0.2) is 4.98 Å². The predicted octanol–water partition coefficient (Wildman–Crippen LogP) is 0.961. The van der Waals surface area contributed by atoms with Crippen LogP contribution in [0.1, 0.15) is 31.1 Å². The summed E-state index contributed by atoms with van der Waals surface area (Å²) < 4.78 is 0. The lowest BCUT2D eigenvalue weighted by Crippen LogP contribution is -2.30. The van der Waals surface area contributed by atoms with Gasteiger partial charge in [0.25, 0.3) is 0 Å². The van der Waals surface area contributed by atoms with Gasteiger partial charge in [-0.15, -0.1) is 0 Å². The van der Waals surface area contributed by atoms with Crippen molar-refractivity contribution in [3.05, 3.63) is 12.2 Å². The minimum Gasteiger partial charge on any atom is -0.297 e. The van der Waals surface area contributed by atoms with E-state index in [1.165, 1.54) is 25.8 Å². The zero-order valence-corrected chi connectivity index (χ0v) is 7.32. The van der Waals surface area contributed by atoms with Crippen LogP contribution in [0.2, 0.25) is 0 Å². The molecule has 0 aromatic carbocycles. The second kappa shape index (κ2) is 3.23. The third kappa shape index (κ3) is 1.34. The van der Waals surface area contributed by atoms with E-state index in [0.717, 1.165) is 5.82 Å². The van der Waals surface area contributed by atoms with Gasteiger partial charge in [-0.3, -0.25) is 10.00 Å². The van der Waals surface area contributed by atoms with Crippen LogP contribution < -0.4 is 0 Å². The second-order valence-electron chi connectivity index (χ2n) is 3.36. The summed E-state index contributed by atoms with van der Waals surface area (Å²) in [6.45, 7) is 1.17. The molecule has 1 aliphatic rings. The standard InChI is InChI=1S/C8H14N4/c1-12-5-3-2-4-7(12)8-9-6-10-11-8/h6-7H,2-5H2,1H3,(H,9,10,11)/t7-/m1/s1. The van der Waals surface area contributed by atoms with Gasteiger partial charge in [-0.05, 0) is 26.4 Å². The molecule has 4 heteroatoms. The summed E-state index contributed by atoms with van der Waals surface area (Å²) >= 11 is 0. The van der Waals surface area contributed by atoms with E-state index in [4.69, 9.17) is 0 Å². The molecule has 0 aliphatic carbocycles. The van der Waals surface area contributed by atoms with E-state index in [1.807, 2.05) is 0 Å². The van der Waals surface area contributed by atoms with Gasteiger partial charge in [0.15, 0.2) is 0 Å². The molecule has 2 heterocycles. The van der Waals surface area contributed by atoms with Crippen molar-refractivity contribution in [2.75, 3.05) is 13.6 Å². The van der Waals surface area contributed by atoms with Gasteiger partial charge in [0.05, 0.1) is 6.04 Å². The Bertz CT molecular complexity index is 231. The number of piperidine rings is 1. The maximum absolute atomic E-state index is 4.18. The van der Waals surface area contributed by atoms with Crippen LogP contribution in [0, 0.1) is 0 Å². The molecular weight excluding hydrogens is 152 g/mol. The Morgan fingerprint density at radius 2 is 2.50 bits per heavy atom. The SMILES string of the molecule is CN1CCCC[C@@H]1c1ncn[nH]1. The molecule has 0 saturated carbocycles. The summed E-state index contributed by atoms with van der Waals surface area (Å²) in [5.74, 6) is 1.01. The van der Waals surface area contributed by atoms with E-state index in [2.05, 4.69) is 27.1 Å². The van der Waals surface area contributed by atoms with Gasteiger partial charge in [0, 0.05) is 0 Å². The molecule has 1 fully saturated rings. The van der Waals surface area contributed by atoms with E-state index < -0.39 is 0 Å². The van der Waals surface area contributed by atoms with Crippen molar-refractivity contribution in [2.45, 2.75) is 25.3 Å². The summed E-state index contributed by atoms with van der Waals surface area (Å²) in [6, 6.07) is 0.459. The second-order valence-corrected chi connectivity index (χ2v) is 3.36. The van der Waals surface area contributed by atoms with Crippen molar-refractivity contribution in [3.8, 4) is 0 Å². The molecule has 1 aromatic heterocycles. The van der Waals surface area contributed by atoms with Crippen LogP contribution in [0.5, 0.6) is 0 Å². The van der Waals surface area contributed by atoms with Crippen molar-refractivity contribution in [3.63, 3.8) is 0 Å². The molecule has 0 amide bonds. The average molecular weight is 166 g/mol. The summed E-state index contributed by atoms with van der Waals surface area (Å²) in [5, 5.41) is 6.80. The predicted molar refractivity (Wildman–Crippen MR) is 45.6 cm³/mol. The maximum Gasteiger partial charge on any atom is 0.141 e. The monoisotopic (exact) mass is 166 g/mol. The van der Waals surface area contributed by atoms with Crippen LogP contribution in [0.4, 0.5) is 0 Å². The molecule has 0 bridgehead atoms. The highest BCUT2D eigenvalue weighted by atomic mass is 15.2. The Balaban J connectivity index is 2.11. The highest BCUT2D eigenvalue weighted by Gasteiger charge is 2.22. The van der Waals surface area contributed by atoms with Crippen LogP contribution in [0.3, 0.4) is 0 Å². The van der Waals surface area contributed by atoms with Gasteiger partial charge >= 0.3 is 0 Å². The fourth-order valence-electron chi connectivity index (χ4n) is 1.80. The molecular formula is C8H14N4. The highest BCUT2D eigenvalue weighted by Crippen LogP contribution is 2.26. The molecule has 1 atom stereocenters. The summed E-state index contributed by atoms with van der Waals surface area (Å²) in [5.41, 5.74) is 0. The molecule has 1 aliphatic heterocycles. The van der Waals surface area contributed by atoms with E-state index in [9.17, 15) is 0 Å². The third-order valence-electron chi connectivity index (χ3n) is 2.52.